The molecule has 0 saturated carbocycles. The van der Waals surface area contributed by atoms with Crippen LogP contribution in [-0.4, -0.2) is 45.2 Å². The quantitative estimate of drug-likeness (QED) is 0.710. The summed E-state index contributed by atoms with van der Waals surface area (Å²) in [6.07, 6.45) is 1.53. The molecule has 0 bridgehead atoms. The van der Waals surface area contributed by atoms with Crippen LogP contribution in [-0.2, 0) is 0 Å². The van der Waals surface area contributed by atoms with Crippen LogP contribution in [0.5, 0.6) is 0 Å². The monoisotopic (exact) mass is 212 g/mol. The van der Waals surface area contributed by atoms with Crippen molar-refractivity contribution in [3.8, 4) is 0 Å². The van der Waals surface area contributed by atoms with Crippen LogP contribution in [0.25, 0.3) is 0 Å². The fourth-order valence-corrected chi connectivity index (χ4v) is 1.96. The number of rotatable bonds is 1. The minimum Gasteiger partial charge on any atom is -0.332 e. The van der Waals surface area contributed by atoms with E-state index in [0.717, 1.165) is 31.4 Å². The number of aromatic nitrogens is 2. The molecule has 2 heterocycles. The zero-order valence-electron chi connectivity index (χ0n) is 7.93. The largest absolute Gasteiger partial charge is 0.332 e. The number of piperazine rings is 1. The SMILES string of the molecule is C[C@H]1CNCCN1C(=O)c1cnsn1. The Hall–Kier alpha value is -1.01. The summed E-state index contributed by atoms with van der Waals surface area (Å²) in [5.41, 5.74) is 0.462. The Morgan fingerprint density at radius 1 is 1.79 bits per heavy atom. The number of hydrogen-bond acceptors (Lipinski definition) is 5. The first-order valence-corrected chi connectivity index (χ1v) is 5.31. The number of carbonyl (C=O) groups is 1. The zero-order valence-corrected chi connectivity index (χ0v) is 8.75. The Kier molecular flexibility index (Phi) is 2.74. The summed E-state index contributed by atoms with van der Waals surface area (Å²) >= 11 is 1.07. The highest BCUT2D eigenvalue weighted by atomic mass is 32.1. The minimum absolute atomic E-state index is 0.00671. The van der Waals surface area contributed by atoms with Crippen LogP contribution in [0.4, 0.5) is 0 Å². The second kappa shape index (κ2) is 4.02. The van der Waals surface area contributed by atoms with Gasteiger partial charge in [0.15, 0.2) is 5.69 Å². The van der Waals surface area contributed by atoms with E-state index >= 15 is 0 Å². The average Bonchev–Trinajstić information content (AvgIpc) is 2.70. The van der Waals surface area contributed by atoms with Crippen LogP contribution >= 0.6 is 11.7 Å². The lowest BCUT2D eigenvalue weighted by atomic mass is 10.2. The Balaban J connectivity index is 2.10. The summed E-state index contributed by atoms with van der Waals surface area (Å²) in [5.74, 6) is -0.00671. The van der Waals surface area contributed by atoms with Crippen molar-refractivity contribution in [1.29, 1.82) is 0 Å². The van der Waals surface area contributed by atoms with Gasteiger partial charge in [-0.05, 0) is 6.92 Å². The normalized spacial score (nSPS) is 22.4. The molecule has 1 aliphatic heterocycles. The van der Waals surface area contributed by atoms with Crippen molar-refractivity contribution in [2.75, 3.05) is 19.6 Å². The van der Waals surface area contributed by atoms with Gasteiger partial charge >= 0.3 is 0 Å². The second-order valence-electron chi connectivity index (χ2n) is 3.34. The topological polar surface area (TPSA) is 58.1 Å². The zero-order chi connectivity index (χ0) is 9.97. The number of amides is 1. The lowest BCUT2D eigenvalue weighted by Gasteiger charge is -2.33. The Labute approximate surface area is 86.4 Å². The Bertz CT molecular complexity index is 313. The maximum Gasteiger partial charge on any atom is 0.275 e. The van der Waals surface area contributed by atoms with E-state index in [1.807, 2.05) is 11.8 Å². The van der Waals surface area contributed by atoms with Crippen LogP contribution in [0.3, 0.4) is 0 Å². The second-order valence-corrected chi connectivity index (χ2v) is 3.90. The minimum atomic E-state index is -0.00671. The van der Waals surface area contributed by atoms with Crippen molar-refractivity contribution in [2.45, 2.75) is 13.0 Å². The molecular formula is C8H12N4OS. The van der Waals surface area contributed by atoms with Gasteiger partial charge in [-0.25, -0.2) is 0 Å². The molecule has 76 valence electrons. The molecule has 0 spiro atoms. The van der Waals surface area contributed by atoms with Crippen LogP contribution < -0.4 is 5.32 Å². The molecular weight excluding hydrogens is 200 g/mol. The van der Waals surface area contributed by atoms with E-state index in [2.05, 4.69) is 14.1 Å². The van der Waals surface area contributed by atoms with Crippen molar-refractivity contribution >= 4 is 17.6 Å². The van der Waals surface area contributed by atoms with Crippen LogP contribution in [0, 0.1) is 0 Å². The summed E-state index contributed by atoms with van der Waals surface area (Å²) in [5, 5.41) is 3.24. The smallest absolute Gasteiger partial charge is 0.275 e. The molecule has 0 aliphatic carbocycles. The van der Waals surface area contributed by atoms with Crippen molar-refractivity contribution in [3.63, 3.8) is 0 Å². The average molecular weight is 212 g/mol. The molecule has 0 aromatic carbocycles. The van der Waals surface area contributed by atoms with Gasteiger partial charge < -0.3 is 10.2 Å². The van der Waals surface area contributed by atoms with Gasteiger partial charge in [0.25, 0.3) is 5.91 Å². The number of carbonyl (C=O) groups excluding carboxylic acids is 1. The standard InChI is InChI=1S/C8H12N4OS/c1-6-4-9-2-3-12(6)8(13)7-5-10-14-11-7/h5-6,9H,2-4H2,1H3/t6-/m0/s1. The number of nitrogens with one attached hydrogen (secondary N) is 1. The van der Waals surface area contributed by atoms with Gasteiger partial charge in [0.1, 0.15) is 0 Å². The molecule has 5 nitrogen and oxygen atoms in total. The van der Waals surface area contributed by atoms with E-state index in [-0.39, 0.29) is 11.9 Å². The Morgan fingerprint density at radius 2 is 2.64 bits per heavy atom. The van der Waals surface area contributed by atoms with E-state index in [1.165, 1.54) is 6.20 Å². The summed E-state index contributed by atoms with van der Waals surface area (Å²) in [6.45, 7) is 4.48. The molecule has 1 fully saturated rings. The molecule has 0 radical (unpaired) electrons. The van der Waals surface area contributed by atoms with Crippen LogP contribution in [0.2, 0.25) is 0 Å². The Morgan fingerprint density at radius 3 is 3.29 bits per heavy atom. The van der Waals surface area contributed by atoms with Gasteiger partial charge in [0.05, 0.1) is 17.9 Å². The van der Waals surface area contributed by atoms with E-state index in [0.29, 0.717) is 5.69 Å². The molecule has 1 aliphatic rings. The third-order valence-corrected chi connectivity index (χ3v) is 2.82. The highest BCUT2D eigenvalue weighted by Gasteiger charge is 2.25. The molecule has 6 heteroatoms. The summed E-state index contributed by atoms with van der Waals surface area (Å²) < 4.78 is 7.78. The molecule has 1 aromatic heterocycles. The van der Waals surface area contributed by atoms with E-state index in [1.54, 1.807) is 0 Å². The molecule has 1 atom stereocenters. The number of nitrogens with zero attached hydrogens (tertiary/aromatic N) is 3. The first-order valence-electron chi connectivity index (χ1n) is 4.58. The van der Waals surface area contributed by atoms with Gasteiger partial charge in [0.2, 0.25) is 0 Å². The molecule has 14 heavy (non-hydrogen) atoms. The predicted molar refractivity (Wildman–Crippen MR) is 53.3 cm³/mol. The van der Waals surface area contributed by atoms with E-state index in [4.69, 9.17) is 0 Å². The van der Waals surface area contributed by atoms with Crippen LogP contribution in [0.15, 0.2) is 6.20 Å². The van der Waals surface area contributed by atoms with Crippen molar-refractivity contribution in [3.05, 3.63) is 11.9 Å². The molecule has 1 amide bonds. The maximum absolute atomic E-state index is 11.9. The van der Waals surface area contributed by atoms with E-state index < -0.39 is 0 Å². The van der Waals surface area contributed by atoms with E-state index in [9.17, 15) is 4.79 Å². The third kappa shape index (κ3) is 1.76. The molecule has 1 aromatic rings. The molecule has 1 saturated heterocycles. The lowest BCUT2D eigenvalue weighted by molar-refractivity contribution is 0.0651. The first-order chi connectivity index (χ1) is 6.79. The molecule has 1 N–H and O–H groups in total. The van der Waals surface area contributed by atoms with Crippen LogP contribution in [0.1, 0.15) is 17.4 Å². The van der Waals surface area contributed by atoms with Gasteiger partial charge in [-0.2, -0.15) is 8.75 Å². The van der Waals surface area contributed by atoms with Gasteiger partial charge in [-0.15, -0.1) is 0 Å². The summed E-state index contributed by atoms with van der Waals surface area (Å²) in [7, 11) is 0. The van der Waals surface area contributed by atoms with Gasteiger partial charge in [0, 0.05) is 25.7 Å². The number of hydrogen-bond donors (Lipinski definition) is 1. The summed E-state index contributed by atoms with van der Waals surface area (Å²) in [6, 6.07) is 0.234. The highest BCUT2D eigenvalue weighted by Crippen LogP contribution is 2.08. The molecule has 0 unspecified atom stereocenters. The third-order valence-electron chi connectivity index (χ3n) is 2.34. The predicted octanol–water partition coefficient (Wildman–Crippen LogP) is -0.0280. The van der Waals surface area contributed by atoms with Crippen molar-refractivity contribution in [1.82, 2.24) is 19.0 Å². The summed E-state index contributed by atoms with van der Waals surface area (Å²) in [4.78, 5) is 13.7. The lowest BCUT2D eigenvalue weighted by Crippen LogP contribution is -2.52. The first kappa shape index (κ1) is 9.54. The molecule has 2 rings (SSSR count). The fourth-order valence-electron chi connectivity index (χ4n) is 1.55. The van der Waals surface area contributed by atoms with Crippen molar-refractivity contribution < 1.29 is 4.79 Å². The highest BCUT2D eigenvalue weighted by molar-refractivity contribution is 6.99. The van der Waals surface area contributed by atoms with Gasteiger partial charge in [-0.3, -0.25) is 4.79 Å². The fraction of sp³-hybridized carbons (Fsp3) is 0.625. The van der Waals surface area contributed by atoms with Gasteiger partial charge in [-0.1, -0.05) is 0 Å². The van der Waals surface area contributed by atoms with Crippen molar-refractivity contribution in [2.24, 2.45) is 0 Å². The maximum atomic E-state index is 11.9.